The predicted molar refractivity (Wildman–Crippen MR) is 179 cm³/mol. The molecule has 3 aromatic carbocycles. The minimum absolute atomic E-state index is 0.00651. The van der Waals surface area contributed by atoms with Crippen molar-refractivity contribution in [2.75, 3.05) is 27.9 Å². The third kappa shape index (κ3) is 6.49. The molecule has 0 aliphatic carbocycles. The van der Waals surface area contributed by atoms with E-state index in [-0.39, 0.29) is 30.2 Å². The van der Waals surface area contributed by atoms with E-state index in [1.165, 1.54) is 43.3 Å². The first kappa shape index (κ1) is 33.4. The highest BCUT2D eigenvalue weighted by molar-refractivity contribution is 9.10. The molecule has 46 heavy (non-hydrogen) atoms. The number of carbonyl (C=O) groups excluding carboxylic acids is 1. The SMILES string of the molecule is CCOC(=O)C1=C(C)N=c2s/c(=C\c3cc(Br)c(OCc4ccccc4F)c(OC)c3)c(=O)n2[C@@H]1c1cc(OC)c(OC)cc1Br. The molecule has 13 heteroatoms. The van der Waals surface area contributed by atoms with Gasteiger partial charge in [0.25, 0.3) is 5.56 Å². The van der Waals surface area contributed by atoms with Crippen molar-refractivity contribution in [2.45, 2.75) is 26.5 Å². The van der Waals surface area contributed by atoms with Crippen molar-refractivity contribution in [1.82, 2.24) is 4.57 Å². The number of nitrogens with zero attached hydrogens (tertiary/aromatic N) is 2. The summed E-state index contributed by atoms with van der Waals surface area (Å²) in [6.07, 6.45) is 1.71. The maximum atomic E-state index is 14.2. The average molecular weight is 776 g/mol. The first-order chi connectivity index (χ1) is 22.1. The van der Waals surface area contributed by atoms with Gasteiger partial charge >= 0.3 is 5.97 Å². The largest absolute Gasteiger partial charge is 0.493 e. The Kier molecular flexibility index (Phi) is 10.3. The van der Waals surface area contributed by atoms with Crippen LogP contribution in [-0.2, 0) is 16.1 Å². The number of allylic oxidation sites excluding steroid dienone is 1. The highest BCUT2D eigenvalue weighted by atomic mass is 79.9. The van der Waals surface area contributed by atoms with Crippen LogP contribution >= 0.6 is 43.2 Å². The number of thiazole rings is 1. The van der Waals surface area contributed by atoms with E-state index >= 15 is 0 Å². The average Bonchev–Trinajstić information content (AvgIpc) is 3.33. The first-order valence-electron chi connectivity index (χ1n) is 14.0. The summed E-state index contributed by atoms with van der Waals surface area (Å²) >= 11 is 8.33. The molecule has 0 amide bonds. The van der Waals surface area contributed by atoms with E-state index in [0.29, 0.717) is 63.7 Å². The van der Waals surface area contributed by atoms with Gasteiger partial charge < -0.3 is 23.7 Å². The molecule has 1 atom stereocenters. The number of benzene rings is 3. The number of hydrogen-bond acceptors (Lipinski definition) is 9. The summed E-state index contributed by atoms with van der Waals surface area (Å²) in [5.41, 5.74) is 1.92. The molecular formula is C33H29Br2FN2O7S. The van der Waals surface area contributed by atoms with E-state index < -0.39 is 12.0 Å². The normalized spacial score (nSPS) is 14.4. The van der Waals surface area contributed by atoms with Crippen molar-refractivity contribution < 1.29 is 32.9 Å². The molecule has 1 aliphatic heterocycles. The molecule has 0 N–H and O–H groups in total. The summed E-state index contributed by atoms with van der Waals surface area (Å²) in [5.74, 6) is 0.725. The fourth-order valence-electron chi connectivity index (χ4n) is 5.05. The Labute approximate surface area is 284 Å². The van der Waals surface area contributed by atoms with E-state index in [4.69, 9.17) is 23.7 Å². The third-order valence-electron chi connectivity index (χ3n) is 7.19. The molecule has 9 nitrogen and oxygen atoms in total. The second-order valence-electron chi connectivity index (χ2n) is 9.95. The van der Waals surface area contributed by atoms with Crippen molar-refractivity contribution in [3.8, 4) is 23.0 Å². The van der Waals surface area contributed by atoms with Gasteiger partial charge in [0.05, 0.1) is 54.3 Å². The maximum absolute atomic E-state index is 14.2. The standard InChI is InChI=1S/C33H29Br2FN2O7S/c1-6-44-32(40)28-17(2)37-33-38(29(28)20-14-24(41-3)25(42-4)15-21(20)34)31(39)27(46-33)13-18-11-22(35)30(26(12-18)43-5)45-16-19-9-7-8-10-23(19)36/h7-15,29H,6,16H2,1-5H3/b27-13-/t29-/m1/s1. The molecule has 4 aromatic rings. The topological polar surface area (TPSA) is 97.6 Å². The quantitative estimate of drug-likeness (QED) is 0.181. The Hall–Kier alpha value is -3.94. The molecule has 240 valence electrons. The minimum atomic E-state index is -0.873. The van der Waals surface area contributed by atoms with Gasteiger partial charge in [-0.05, 0) is 77.3 Å². The van der Waals surface area contributed by atoms with E-state index in [1.807, 2.05) is 0 Å². The van der Waals surface area contributed by atoms with Crippen molar-refractivity contribution in [2.24, 2.45) is 4.99 Å². The predicted octanol–water partition coefficient (Wildman–Crippen LogP) is 6.07. The summed E-state index contributed by atoms with van der Waals surface area (Å²) in [7, 11) is 4.53. The molecule has 0 spiro atoms. The molecule has 1 aliphatic rings. The Balaban J connectivity index is 1.63. The van der Waals surface area contributed by atoms with Crippen LogP contribution in [0.5, 0.6) is 23.0 Å². The van der Waals surface area contributed by atoms with Gasteiger partial charge in [0.15, 0.2) is 27.8 Å². The van der Waals surface area contributed by atoms with Crippen LogP contribution in [0.4, 0.5) is 4.39 Å². The number of fused-ring (bicyclic) bond motifs is 1. The van der Waals surface area contributed by atoms with Crippen LogP contribution in [0.2, 0.25) is 0 Å². The van der Waals surface area contributed by atoms with Gasteiger partial charge in [0.2, 0.25) is 0 Å². The third-order valence-corrected chi connectivity index (χ3v) is 9.45. The van der Waals surface area contributed by atoms with E-state index in [9.17, 15) is 14.0 Å². The van der Waals surface area contributed by atoms with Crippen molar-refractivity contribution in [1.29, 1.82) is 0 Å². The van der Waals surface area contributed by atoms with Gasteiger partial charge in [-0.2, -0.15) is 0 Å². The summed E-state index contributed by atoms with van der Waals surface area (Å²) in [6.45, 7) is 3.57. The number of ether oxygens (including phenoxy) is 5. The molecular weight excluding hydrogens is 747 g/mol. The van der Waals surface area contributed by atoms with Gasteiger partial charge in [0, 0.05) is 10.0 Å². The number of esters is 1. The summed E-state index contributed by atoms with van der Waals surface area (Å²) in [5, 5.41) is 0. The molecule has 0 fully saturated rings. The second kappa shape index (κ2) is 14.2. The maximum Gasteiger partial charge on any atom is 0.338 e. The highest BCUT2D eigenvalue weighted by Gasteiger charge is 2.35. The minimum Gasteiger partial charge on any atom is -0.493 e. The smallest absolute Gasteiger partial charge is 0.338 e. The lowest BCUT2D eigenvalue weighted by molar-refractivity contribution is -0.139. The molecule has 5 rings (SSSR count). The van der Waals surface area contributed by atoms with Gasteiger partial charge in [-0.25, -0.2) is 14.2 Å². The van der Waals surface area contributed by atoms with E-state index in [0.717, 1.165) is 0 Å². The number of aromatic nitrogens is 1. The Bertz CT molecular complexity index is 2040. The van der Waals surface area contributed by atoms with Crippen LogP contribution in [0.25, 0.3) is 6.08 Å². The number of halogens is 3. The van der Waals surface area contributed by atoms with Gasteiger partial charge in [-0.1, -0.05) is 45.5 Å². The summed E-state index contributed by atoms with van der Waals surface area (Å²) < 4.78 is 45.1. The summed E-state index contributed by atoms with van der Waals surface area (Å²) in [6, 6.07) is 12.4. The Morgan fingerprint density at radius 2 is 1.72 bits per heavy atom. The van der Waals surface area contributed by atoms with Crippen LogP contribution in [0, 0.1) is 5.82 Å². The Morgan fingerprint density at radius 3 is 2.39 bits per heavy atom. The number of hydrogen-bond donors (Lipinski definition) is 0. The molecule has 0 bridgehead atoms. The van der Waals surface area contributed by atoms with Crippen LogP contribution in [0.3, 0.4) is 0 Å². The van der Waals surface area contributed by atoms with Gasteiger partial charge in [0.1, 0.15) is 12.4 Å². The lowest BCUT2D eigenvalue weighted by Crippen LogP contribution is -2.40. The molecule has 0 unspecified atom stereocenters. The second-order valence-corrected chi connectivity index (χ2v) is 12.7. The number of methoxy groups -OCH3 is 3. The fraction of sp³-hybridized carbons (Fsp3) is 0.242. The zero-order valence-corrected chi connectivity index (χ0v) is 29.5. The Morgan fingerprint density at radius 1 is 1.02 bits per heavy atom. The lowest BCUT2D eigenvalue weighted by atomic mass is 9.95. The molecule has 2 heterocycles. The van der Waals surface area contributed by atoms with Gasteiger partial charge in [-0.3, -0.25) is 9.36 Å². The van der Waals surface area contributed by atoms with Crippen LogP contribution in [0.15, 0.2) is 78.5 Å². The molecule has 0 saturated carbocycles. The molecule has 0 radical (unpaired) electrons. The molecule has 1 aromatic heterocycles. The van der Waals surface area contributed by atoms with Crippen LogP contribution < -0.4 is 33.8 Å². The zero-order chi connectivity index (χ0) is 33.1. The van der Waals surface area contributed by atoms with E-state index in [2.05, 4.69) is 36.9 Å². The lowest BCUT2D eigenvalue weighted by Gasteiger charge is -2.26. The highest BCUT2D eigenvalue weighted by Crippen LogP contribution is 2.41. The number of carbonyl (C=O) groups is 1. The zero-order valence-electron chi connectivity index (χ0n) is 25.5. The van der Waals surface area contributed by atoms with Crippen molar-refractivity contribution in [3.63, 3.8) is 0 Å². The fourth-order valence-corrected chi connectivity index (χ4v) is 7.21. The van der Waals surface area contributed by atoms with Crippen LogP contribution in [-0.4, -0.2) is 38.5 Å². The molecule has 0 saturated heterocycles. The van der Waals surface area contributed by atoms with Crippen molar-refractivity contribution >= 4 is 55.2 Å². The van der Waals surface area contributed by atoms with E-state index in [1.54, 1.807) is 62.4 Å². The van der Waals surface area contributed by atoms with Crippen molar-refractivity contribution in [3.05, 3.63) is 111 Å². The first-order valence-corrected chi connectivity index (χ1v) is 16.4. The number of rotatable bonds is 10. The van der Waals surface area contributed by atoms with Crippen LogP contribution in [0.1, 0.15) is 36.6 Å². The van der Waals surface area contributed by atoms with Gasteiger partial charge in [-0.15, -0.1) is 0 Å². The summed E-state index contributed by atoms with van der Waals surface area (Å²) in [4.78, 5) is 32.5. The monoisotopic (exact) mass is 774 g/mol.